The second-order valence-corrected chi connectivity index (χ2v) is 11.0. The Labute approximate surface area is 218 Å². The van der Waals surface area contributed by atoms with Crippen molar-refractivity contribution in [2.45, 2.75) is 54.7 Å². The van der Waals surface area contributed by atoms with Gasteiger partial charge in [0, 0.05) is 35.2 Å². The molecule has 3 heterocycles. The number of carboxylic acid groups (broad SMARTS) is 1. The number of fused-ring (bicyclic) bond motifs is 1. The molecule has 3 unspecified atom stereocenters. The number of aliphatic hydroxyl groups excluding tert-OH is 1. The summed E-state index contributed by atoms with van der Waals surface area (Å²) in [6, 6.07) is 5.88. The minimum atomic E-state index is -1.22. The molecule has 3 saturated heterocycles. The van der Waals surface area contributed by atoms with Gasteiger partial charge < -0.3 is 24.7 Å². The van der Waals surface area contributed by atoms with E-state index in [1.807, 2.05) is 0 Å². The standard InChI is InChI=1S/C25H30BrClN2O6/c1-2-11-28(16-9-7-15(27)8-10-16)23(32)21-25-14-17(26)20(35-25)18(24(33)34)19(25)22(31)29(21)12-5-3-4-6-13-30/h2,7-10,17-21,30H,1,3-6,11-14H2,(H,33,34)/t17?,18-,19-,20-,21?,25?/m0/s1. The van der Waals surface area contributed by atoms with Gasteiger partial charge in [-0.25, -0.2) is 0 Å². The summed E-state index contributed by atoms with van der Waals surface area (Å²) in [5, 5.41) is 19.6. The van der Waals surface area contributed by atoms with Crippen LogP contribution < -0.4 is 4.90 Å². The maximum Gasteiger partial charge on any atom is 0.310 e. The number of amides is 2. The molecule has 3 fully saturated rings. The minimum absolute atomic E-state index is 0.106. The second kappa shape index (κ2) is 10.6. The van der Waals surface area contributed by atoms with Crippen LogP contribution in [0, 0.1) is 11.8 Å². The largest absolute Gasteiger partial charge is 0.481 e. The lowest BCUT2D eigenvalue weighted by atomic mass is 9.70. The van der Waals surface area contributed by atoms with Gasteiger partial charge in [0.1, 0.15) is 11.6 Å². The number of likely N-dealkylation sites (tertiary alicyclic amines) is 1. The first-order chi connectivity index (χ1) is 16.8. The molecule has 10 heteroatoms. The number of hydrogen-bond acceptors (Lipinski definition) is 5. The number of alkyl halides is 1. The van der Waals surface area contributed by atoms with Crippen molar-refractivity contribution in [2.75, 3.05) is 24.6 Å². The number of anilines is 1. The minimum Gasteiger partial charge on any atom is -0.481 e. The Balaban J connectivity index is 1.71. The molecule has 2 N–H and O–H groups in total. The van der Waals surface area contributed by atoms with Crippen LogP contribution in [-0.4, -0.2) is 75.2 Å². The highest BCUT2D eigenvalue weighted by molar-refractivity contribution is 9.09. The van der Waals surface area contributed by atoms with Gasteiger partial charge in [-0.1, -0.05) is 46.4 Å². The Morgan fingerprint density at radius 3 is 2.57 bits per heavy atom. The van der Waals surface area contributed by atoms with Crippen molar-refractivity contribution >= 4 is 51.0 Å². The number of carbonyl (C=O) groups is 3. The highest BCUT2D eigenvalue weighted by Gasteiger charge is 2.76. The van der Waals surface area contributed by atoms with Crippen LogP contribution in [0.4, 0.5) is 5.69 Å². The molecule has 35 heavy (non-hydrogen) atoms. The molecule has 1 spiro atoms. The Morgan fingerprint density at radius 2 is 1.94 bits per heavy atom. The quantitative estimate of drug-likeness (QED) is 0.241. The number of aliphatic carboxylic acids is 1. The molecular weight excluding hydrogens is 540 g/mol. The van der Waals surface area contributed by atoms with Crippen LogP contribution in [-0.2, 0) is 19.1 Å². The van der Waals surface area contributed by atoms with E-state index in [-0.39, 0.29) is 29.8 Å². The number of carbonyl (C=O) groups excluding carboxylic acids is 2. The van der Waals surface area contributed by atoms with Gasteiger partial charge in [0.25, 0.3) is 5.91 Å². The lowest BCUT2D eigenvalue weighted by Crippen LogP contribution is -2.57. The molecule has 6 atom stereocenters. The van der Waals surface area contributed by atoms with Gasteiger partial charge in [0.2, 0.25) is 5.91 Å². The average Bonchev–Trinajstić information content (AvgIpc) is 3.41. The third-order valence-electron chi connectivity index (χ3n) is 7.33. The average molecular weight is 570 g/mol. The summed E-state index contributed by atoms with van der Waals surface area (Å²) in [6.45, 7) is 4.42. The predicted molar refractivity (Wildman–Crippen MR) is 135 cm³/mol. The van der Waals surface area contributed by atoms with E-state index in [0.717, 1.165) is 12.8 Å². The van der Waals surface area contributed by atoms with E-state index in [0.29, 0.717) is 36.5 Å². The molecule has 1 aromatic rings. The van der Waals surface area contributed by atoms with Crippen molar-refractivity contribution in [3.63, 3.8) is 0 Å². The van der Waals surface area contributed by atoms with Gasteiger partial charge in [-0.15, -0.1) is 6.58 Å². The summed E-state index contributed by atoms with van der Waals surface area (Å²) in [4.78, 5) is 42.9. The maximum absolute atomic E-state index is 14.2. The predicted octanol–water partition coefficient (Wildman–Crippen LogP) is 3.24. The first-order valence-corrected chi connectivity index (χ1v) is 13.2. The molecule has 0 radical (unpaired) electrons. The Morgan fingerprint density at radius 1 is 1.26 bits per heavy atom. The Kier molecular flexibility index (Phi) is 7.90. The lowest BCUT2D eigenvalue weighted by molar-refractivity contribution is -0.149. The molecule has 0 aromatic heterocycles. The van der Waals surface area contributed by atoms with Crippen molar-refractivity contribution in [2.24, 2.45) is 11.8 Å². The molecule has 2 amide bonds. The monoisotopic (exact) mass is 568 g/mol. The topological polar surface area (TPSA) is 107 Å². The summed E-state index contributed by atoms with van der Waals surface area (Å²) in [5.41, 5.74) is -0.611. The SMILES string of the molecule is C=CCN(C(=O)C1N(CCCCCCO)C(=O)[C@@H]2[C@H](C(=O)O)[C@H]3OC12CC3Br)c1ccc(Cl)cc1. The van der Waals surface area contributed by atoms with E-state index < -0.39 is 35.6 Å². The zero-order chi connectivity index (χ0) is 25.3. The Hall–Kier alpha value is -1.94. The molecule has 190 valence electrons. The molecule has 0 saturated carbocycles. The lowest BCUT2D eigenvalue weighted by Gasteiger charge is -2.37. The Bertz CT molecular complexity index is 991. The van der Waals surface area contributed by atoms with E-state index in [2.05, 4.69) is 22.5 Å². The molecule has 1 aromatic carbocycles. The van der Waals surface area contributed by atoms with Gasteiger partial charge in [-0.3, -0.25) is 14.4 Å². The van der Waals surface area contributed by atoms with Crippen molar-refractivity contribution < 1.29 is 29.3 Å². The van der Waals surface area contributed by atoms with Crippen molar-refractivity contribution in [3.8, 4) is 0 Å². The number of nitrogens with zero attached hydrogens (tertiary/aromatic N) is 2. The number of carboxylic acids is 1. The van der Waals surface area contributed by atoms with E-state index in [1.165, 1.54) is 4.90 Å². The summed E-state index contributed by atoms with van der Waals surface area (Å²) in [6.07, 6.45) is 4.20. The maximum atomic E-state index is 14.2. The first kappa shape index (κ1) is 26.1. The molecule has 0 aliphatic carbocycles. The van der Waals surface area contributed by atoms with Crippen LogP contribution in [0.25, 0.3) is 0 Å². The van der Waals surface area contributed by atoms with E-state index in [1.54, 1.807) is 35.2 Å². The number of benzene rings is 1. The van der Waals surface area contributed by atoms with Crippen LogP contribution in [0.2, 0.25) is 5.02 Å². The summed E-state index contributed by atoms with van der Waals surface area (Å²) in [7, 11) is 0. The number of aliphatic hydroxyl groups is 1. The molecule has 8 nitrogen and oxygen atoms in total. The molecule has 2 bridgehead atoms. The highest BCUT2D eigenvalue weighted by Crippen LogP contribution is 2.60. The summed E-state index contributed by atoms with van der Waals surface area (Å²) in [5.74, 6) is -3.69. The zero-order valence-corrected chi connectivity index (χ0v) is 21.7. The van der Waals surface area contributed by atoms with Crippen LogP contribution in [0.5, 0.6) is 0 Å². The van der Waals surface area contributed by atoms with Crippen LogP contribution >= 0.6 is 27.5 Å². The van der Waals surface area contributed by atoms with Gasteiger partial charge in [-0.2, -0.15) is 0 Å². The van der Waals surface area contributed by atoms with Gasteiger partial charge >= 0.3 is 5.97 Å². The van der Waals surface area contributed by atoms with Crippen molar-refractivity contribution in [1.29, 1.82) is 0 Å². The van der Waals surface area contributed by atoms with Crippen LogP contribution in [0.15, 0.2) is 36.9 Å². The van der Waals surface area contributed by atoms with Gasteiger partial charge in [0.15, 0.2) is 0 Å². The number of rotatable bonds is 11. The van der Waals surface area contributed by atoms with E-state index >= 15 is 0 Å². The normalized spacial score (nSPS) is 31.0. The third-order valence-corrected chi connectivity index (χ3v) is 8.43. The fraction of sp³-hybridized carbons (Fsp3) is 0.560. The number of unbranched alkanes of at least 4 members (excludes halogenated alkanes) is 3. The fourth-order valence-corrected chi connectivity index (χ4v) is 6.97. The van der Waals surface area contributed by atoms with E-state index in [4.69, 9.17) is 21.4 Å². The summed E-state index contributed by atoms with van der Waals surface area (Å²) < 4.78 is 6.31. The fourth-order valence-electron chi connectivity index (χ4n) is 5.90. The van der Waals surface area contributed by atoms with Crippen LogP contribution in [0.1, 0.15) is 32.1 Å². The zero-order valence-electron chi connectivity index (χ0n) is 19.3. The number of hydrogen-bond donors (Lipinski definition) is 2. The van der Waals surface area contributed by atoms with Crippen molar-refractivity contribution in [1.82, 2.24) is 4.90 Å². The molecular formula is C25H30BrClN2O6. The molecule has 4 rings (SSSR count). The van der Waals surface area contributed by atoms with E-state index in [9.17, 15) is 19.5 Å². The molecule has 3 aliphatic heterocycles. The molecule has 3 aliphatic rings. The highest BCUT2D eigenvalue weighted by atomic mass is 79.9. The van der Waals surface area contributed by atoms with Gasteiger partial charge in [-0.05, 0) is 43.5 Å². The van der Waals surface area contributed by atoms with Gasteiger partial charge in [0.05, 0.1) is 17.9 Å². The second-order valence-electron chi connectivity index (χ2n) is 9.39. The first-order valence-electron chi connectivity index (χ1n) is 11.9. The van der Waals surface area contributed by atoms with Crippen LogP contribution in [0.3, 0.4) is 0 Å². The smallest absolute Gasteiger partial charge is 0.310 e. The number of halogens is 2. The number of ether oxygens (including phenoxy) is 1. The summed E-state index contributed by atoms with van der Waals surface area (Å²) >= 11 is 9.60. The van der Waals surface area contributed by atoms with Crippen molar-refractivity contribution in [3.05, 3.63) is 41.9 Å². The third kappa shape index (κ3) is 4.52.